The molecule has 1 aromatic carbocycles. The molecular formula is C23H29N3O. The van der Waals surface area contributed by atoms with E-state index in [0.29, 0.717) is 0 Å². The van der Waals surface area contributed by atoms with Crippen LogP contribution in [0.5, 0.6) is 0 Å². The van der Waals surface area contributed by atoms with E-state index in [2.05, 4.69) is 52.6 Å². The lowest BCUT2D eigenvalue weighted by atomic mass is 9.84. The first-order chi connectivity index (χ1) is 13.1. The Hall–Kier alpha value is -2.30. The Morgan fingerprint density at radius 1 is 1.22 bits per heavy atom. The van der Waals surface area contributed by atoms with Crippen molar-refractivity contribution in [3.8, 4) is 0 Å². The minimum absolute atomic E-state index is 0.122. The molecule has 0 spiro atoms. The van der Waals surface area contributed by atoms with Crippen LogP contribution < -0.4 is 10.6 Å². The molecule has 4 heteroatoms. The van der Waals surface area contributed by atoms with Gasteiger partial charge in [-0.15, -0.1) is 0 Å². The van der Waals surface area contributed by atoms with Crippen LogP contribution in [0.4, 0.5) is 0 Å². The van der Waals surface area contributed by atoms with Crippen LogP contribution >= 0.6 is 0 Å². The van der Waals surface area contributed by atoms with Crippen LogP contribution in [0.3, 0.4) is 0 Å². The van der Waals surface area contributed by atoms with Crippen molar-refractivity contribution in [3.05, 3.63) is 77.3 Å². The van der Waals surface area contributed by atoms with Crippen molar-refractivity contribution in [1.82, 2.24) is 15.2 Å². The van der Waals surface area contributed by atoms with Crippen molar-refractivity contribution in [3.63, 3.8) is 0 Å². The SMILES string of the molecule is CCC1(CCNC(O)c2cccc(C)c2)NC2=CCCC=C2n2cccc21. The van der Waals surface area contributed by atoms with Crippen LogP contribution in [0.2, 0.25) is 0 Å². The number of nitrogens with zero attached hydrogens (tertiary/aromatic N) is 1. The average Bonchev–Trinajstić information content (AvgIpc) is 3.19. The molecule has 0 fully saturated rings. The fourth-order valence-electron chi connectivity index (χ4n) is 4.33. The fraction of sp³-hybridized carbons (Fsp3) is 0.391. The van der Waals surface area contributed by atoms with Gasteiger partial charge in [0.2, 0.25) is 0 Å². The third-order valence-electron chi connectivity index (χ3n) is 5.85. The zero-order chi connectivity index (χ0) is 18.9. The number of hydrogen-bond acceptors (Lipinski definition) is 3. The summed E-state index contributed by atoms with van der Waals surface area (Å²) in [6.07, 6.45) is 10.3. The van der Waals surface area contributed by atoms with Gasteiger partial charge >= 0.3 is 0 Å². The summed E-state index contributed by atoms with van der Waals surface area (Å²) < 4.78 is 2.34. The second kappa shape index (κ2) is 7.37. The van der Waals surface area contributed by atoms with Gasteiger partial charge < -0.3 is 15.0 Å². The van der Waals surface area contributed by atoms with Gasteiger partial charge in [-0.05, 0) is 50.3 Å². The van der Waals surface area contributed by atoms with Crippen molar-refractivity contribution < 1.29 is 5.11 Å². The Kier molecular flexibility index (Phi) is 4.94. The molecule has 0 saturated carbocycles. The van der Waals surface area contributed by atoms with Gasteiger partial charge in [-0.3, -0.25) is 5.32 Å². The summed E-state index contributed by atoms with van der Waals surface area (Å²) in [5.74, 6) is 0. The maximum absolute atomic E-state index is 10.5. The molecule has 2 atom stereocenters. The number of aliphatic hydroxyl groups excluding tert-OH is 1. The maximum atomic E-state index is 10.5. The second-order valence-electron chi connectivity index (χ2n) is 7.63. The number of benzene rings is 1. The Morgan fingerprint density at radius 3 is 2.89 bits per heavy atom. The Morgan fingerprint density at radius 2 is 2.07 bits per heavy atom. The molecule has 0 amide bonds. The van der Waals surface area contributed by atoms with Gasteiger partial charge in [-0.2, -0.15) is 0 Å². The third-order valence-corrected chi connectivity index (χ3v) is 5.85. The zero-order valence-electron chi connectivity index (χ0n) is 16.2. The summed E-state index contributed by atoms with van der Waals surface area (Å²) in [6.45, 7) is 5.01. The lowest BCUT2D eigenvalue weighted by Crippen LogP contribution is -2.49. The van der Waals surface area contributed by atoms with Gasteiger partial charge in [-0.1, -0.05) is 48.9 Å². The van der Waals surface area contributed by atoms with E-state index >= 15 is 0 Å². The summed E-state index contributed by atoms with van der Waals surface area (Å²) in [5.41, 5.74) is 5.78. The van der Waals surface area contributed by atoms with Gasteiger partial charge in [0.15, 0.2) is 0 Å². The molecule has 142 valence electrons. The predicted octanol–water partition coefficient (Wildman–Crippen LogP) is 4.19. The zero-order valence-corrected chi connectivity index (χ0v) is 16.2. The van der Waals surface area contributed by atoms with Crippen LogP contribution in [0, 0.1) is 6.92 Å². The number of aliphatic hydroxyl groups is 1. The fourth-order valence-corrected chi connectivity index (χ4v) is 4.33. The first kappa shape index (κ1) is 18.1. The number of allylic oxidation sites excluding steroid dienone is 3. The molecule has 1 aliphatic heterocycles. The third kappa shape index (κ3) is 3.35. The summed E-state index contributed by atoms with van der Waals surface area (Å²) in [4.78, 5) is 0. The molecule has 4 rings (SSSR count). The highest BCUT2D eigenvalue weighted by Crippen LogP contribution is 2.39. The molecule has 1 aromatic heterocycles. The molecule has 2 aromatic rings. The van der Waals surface area contributed by atoms with E-state index in [1.807, 2.05) is 31.2 Å². The van der Waals surface area contributed by atoms with Crippen LogP contribution in [-0.4, -0.2) is 16.2 Å². The van der Waals surface area contributed by atoms with E-state index < -0.39 is 6.23 Å². The van der Waals surface area contributed by atoms with Crippen LogP contribution in [0.25, 0.3) is 5.70 Å². The number of aromatic nitrogens is 1. The summed E-state index contributed by atoms with van der Waals surface area (Å²) in [7, 11) is 0. The van der Waals surface area contributed by atoms with E-state index in [-0.39, 0.29) is 5.54 Å². The van der Waals surface area contributed by atoms with E-state index in [4.69, 9.17) is 0 Å². The quantitative estimate of drug-likeness (QED) is 0.675. The van der Waals surface area contributed by atoms with Crippen LogP contribution in [0.1, 0.15) is 55.7 Å². The smallest absolute Gasteiger partial charge is 0.131 e. The van der Waals surface area contributed by atoms with Gasteiger partial charge in [0.25, 0.3) is 0 Å². The highest BCUT2D eigenvalue weighted by molar-refractivity contribution is 5.68. The normalized spacial score (nSPS) is 22.2. The molecule has 1 aliphatic carbocycles. The highest BCUT2D eigenvalue weighted by atomic mass is 16.3. The van der Waals surface area contributed by atoms with Gasteiger partial charge in [0, 0.05) is 18.4 Å². The molecule has 0 saturated heterocycles. The Bertz CT molecular complexity index is 879. The lowest BCUT2D eigenvalue weighted by Gasteiger charge is -2.43. The number of hydrogen-bond donors (Lipinski definition) is 3. The molecule has 0 bridgehead atoms. The maximum Gasteiger partial charge on any atom is 0.131 e. The molecule has 2 heterocycles. The summed E-state index contributed by atoms with van der Waals surface area (Å²) >= 11 is 0. The molecule has 27 heavy (non-hydrogen) atoms. The van der Waals surface area contributed by atoms with E-state index in [0.717, 1.165) is 43.4 Å². The van der Waals surface area contributed by atoms with Crippen LogP contribution in [-0.2, 0) is 5.54 Å². The number of nitrogens with one attached hydrogen (secondary N) is 2. The Balaban J connectivity index is 1.52. The standard InChI is InChI=1S/C23H29N3O/c1-3-23(13-14-24-22(27)18-9-6-8-17(2)16-18)21-12-7-15-26(21)20-11-5-4-10-19(20)25-23/h6-12,15-16,22,24-25,27H,3-5,13-14H2,1-2H3. The second-order valence-corrected chi connectivity index (χ2v) is 7.63. The van der Waals surface area contributed by atoms with Gasteiger partial charge in [0.05, 0.1) is 16.9 Å². The molecule has 2 unspecified atom stereocenters. The van der Waals surface area contributed by atoms with Crippen LogP contribution in [0.15, 0.2) is 60.4 Å². The number of rotatable bonds is 6. The molecule has 4 nitrogen and oxygen atoms in total. The van der Waals surface area contributed by atoms with Gasteiger partial charge in [-0.25, -0.2) is 0 Å². The minimum atomic E-state index is -0.640. The topological polar surface area (TPSA) is 49.2 Å². The minimum Gasteiger partial charge on any atom is -0.374 e. The first-order valence-electron chi connectivity index (χ1n) is 9.98. The first-order valence-corrected chi connectivity index (χ1v) is 9.98. The van der Waals surface area contributed by atoms with E-state index in [1.165, 1.54) is 17.1 Å². The monoisotopic (exact) mass is 363 g/mol. The summed E-state index contributed by atoms with van der Waals surface area (Å²) in [6, 6.07) is 12.4. The number of fused-ring (bicyclic) bond motifs is 3. The highest BCUT2D eigenvalue weighted by Gasteiger charge is 2.38. The predicted molar refractivity (Wildman–Crippen MR) is 110 cm³/mol. The average molecular weight is 364 g/mol. The van der Waals surface area contributed by atoms with Gasteiger partial charge in [0.1, 0.15) is 6.23 Å². The largest absolute Gasteiger partial charge is 0.374 e. The Labute approximate surface area is 161 Å². The molecule has 0 radical (unpaired) electrons. The number of aryl methyl sites for hydroxylation is 1. The van der Waals surface area contributed by atoms with Crippen molar-refractivity contribution in [2.75, 3.05) is 6.54 Å². The summed E-state index contributed by atoms with van der Waals surface area (Å²) in [5, 5.41) is 17.7. The van der Waals surface area contributed by atoms with Crippen molar-refractivity contribution >= 4 is 5.70 Å². The molecule has 3 N–H and O–H groups in total. The van der Waals surface area contributed by atoms with Crippen molar-refractivity contribution in [1.29, 1.82) is 0 Å². The lowest BCUT2D eigenvalue weighted by molar-refractivity contribution is 0.133. The van der Waals surface area contributed by atoms with Crippen molar-refractivity contribution in [2.24, 2.45) is 0 Å². The molecule has 2 aliphatic rings. The van der Waals surface area contributed by atoms with E-state index in [1.54, 1.807) is 0 Å². The van der Waals surface area contributed by atoms with E-state index in [9.17, 15) is 5.11 Å². The van der Waals surface area contributed by atoms with Crippen molar-refractivity contribution in [2.45, 2.75) is 51.3 Å². The molecular weight excluding hydrogens is 334 g/mol.